The van der Waals surface area contributed by atoms with Crippen molar-refractivity contribution < 1.29 is 14.3 Å². The summed E-state index contributed by atoms with van der Waals surface area (Å²) < 4.78 is 5.29. The van der Waals surface area contributed by atoms with E-state index in [4.69, 9.17) is 4.74 Å². The number of carbonyl (C=O) groups is 2. The van der Waals surface area contributed by atoms with Crippen molar-refractivity contribution in [1.29, 1.82) is 0 Å². The molecule has 0 radical (unpaired) electrons. The normalized spacial score (nSPS) is 10.2. The fraction of sp³-hybridized carbons (Fsp3) is 0.136. The van der Waals surface area contributed by atoms with Gasteiger partial charge in [0.15, 0.2) is 0 Å². The van der Waals surface area contributed by atoms with E-state index in [1.807, 2.05) is 54.6 Å². The smallest absolute Gasteiger partial charge is 0.259 e. The maximum atomic E-state index is 12.7. The number of aromatic nitrogens is 1. The number of amides is 2. The van der Waals surface area contributed by atoms with Gasteiger partial charge in [0.05, 0.1) is 18.2 Å². The molecule has 2 aromatic carbocycles. The van der Waals surface area contributed by atoms with E-state index in [1.165, 1.54) is 17.3 Å². The highest BCUT2D eigenvalue weighted by molar-refractivity contribution is 6.07. The largest absolute Gasteiger partial charge is 0.496 e. The van der Waals surface area contributed by atoms with Crippen LogP contribution in [0.4, 0.5) is 5.69 Å². The summed E-state index contributed by atoms with van der Waals surface area (Å²) in [5.41, 5.74) is 2.29. The third-order valence-electron chi connectivity index (χ3n) is 4.33. The number of hydrogen-bond acceptors (Lipinski definition) is 4. The van der Waals surface area contributed by atoms with Gasteiger partial charge in [0.25, 0.3) is 11.8 Å². The second-order valence-electron chi connectivity index (χ2n) is 6.16. The zero-order chi connectivity index (χ0) is 19.9. The lowest BCUT2D eigenvalue weighted by Gasteiger charge is -2.17. The van der Waals surface area contributed by atoms with Gasteiger partial charge < -0.3 is 15.0 Å². The van der Waals surface area contributed by atoms with Crippen LogP contribution in [-0.2, 0) is 6.54 Å². The standard InChI is InChI=1S/C22H21N3O3/c1-25(19-9-4-3-5-10-19)22(27)18-12-17(13-23-14-18)21(26)24-15-16-8-6-7-11-20(16)28-2/h3-14H,15H2,1-2H3,(H,24,26). The van der Waals surface area contributed by atoms with E-state index in [2.05, 4.69) is 10.3 Å². The fourth-order valence-electron chi connectivity index (χ4n) is 2.77. The molecule has 0 atom stereocenters. The van der Waals surface area contributed by atoms with Gasteiger partial charge >= 0.3 is 0 Å². The van der Waals surface area contributed by atoms with Crippen molar-refractivity contribution in [2.45, 2.75) is 6.54 Å². The second kappa shape index (κ2) is 8.81. The van der Waals surface area contributed by atoms with Crippen molar-refractivity contribution in [2.24, 2.45) is 0 Å². The monoisotopic (exact) mass is 375 g/mol. The number of benzene rings is 2. The van der Waals surface area contributed by atoms with Crippen molar-refractivity contribution >= 4 is 17.5 Å². The van der Waals surface area contributed by atoms with Crippen molar-refractivity contribution in [3.05, 3.63) is 89.7 Å². The van der Waals surface area contributed by atoms with Gasteiger partial charge in [-0.3, -0.25) is 14.6 Å². The highest BCUT2D eigenvalue weighted by atomic mass is 16.5. The number of ether oxygens (including phenoxy) is 1. The molecule has 6 heteroatoms. The molecule has 0 bridgehead atoms. The van der Waals surface area contributed by atoms with Crippen LogP contribution < -0.4 is 15.0 Å². The number of anilines is 1. The van der Waals surface area contributed by atoms with Crippen LogP contribution in [0, 0.1) is 0 Å². The van der Waals surface area contributed by atoms with Gasteiger partial charge in [-0.15, -0.1) is 0 Å². The van der Waals surface area contributed by atoms with E-state index < -0.39 is 0 Å². The Bertz CT molecular complexity index is 974. The lowest BCUT2D eigenvalue weighted by Crippen LogP contribution is -2.27. The molecule has 1 aromatic heterocycles. The van der Waals surface area contributed by atoms with Crippen LogP contribution in [0.5, 0.6) is 5.75 Å². The Balaban J connectivity index is 1.72. The molecule has 0 spiro atoms. The molecule has 0 saturated carbocycles. The quantitative estimate of drug-likeness (QED) is 0.718. The van der Waals surface area contributed by atoms with Crippen LogP contribution in [0.1, 0.15) is 26.3 Å². The number of nitrogens with one attached hydrogen (secondary N) is 1. The van der Waals surface area contributed by atoms with Crippen LogP contribution in [0.25, 0.3) is 0 Å². The maximum absolute atomic E-state index is 12.7. The Morgan fingerprint density at radius 2 is 1.68 bits per heavy atom. The SMILES string of the molecule is COc1ccccc1CNC(=O)c1cncc(C(=O)N(C)c2ccccc2)c1. The predicted octanol–water partition coefficient (Wildman–Crippen LogP) is 3.30. The lowest BCUT2D eigenvalue weighted by molar-refractivity contribution is 0.0950. The number of rotatable bonds is 6. The van der Waals surface area contributed by atoms with Gasteiger partial charge in [-0.1, -0.05) is 36.4 Å². The topological polar surface area (TPSA) is 71.5 Å². The summed E-state index contributed by atoms with van der Waals surface area (Å²) in [6.45, 7) is 0.310. The average molecular weight is 375 g/mol. The number of nitrogens with zero attached hydrogens (tertiary/aromatic N) is 2. The molecule has 0 aliphatic carbocycles. The highest BCUT2D eigenvalue weighted by Crippen LogP contribution is 2.17. The second-order valence-corrected chi connectivity index (χ2v) is 6.16. The fourth-order valence-corrected chi connectivity index (χ4v) is 2.77. The van der Waals surface area contributed by atoms with E-state index in [9.17, 15) is 9.59 Å². The van der Waals surface area contributed by atoms with Crippen LogP contribution in [0.15, 0.2) is 73.1 Å². The van der Waals surface area contributed by atoms with Crippen molar-refractivity contribution in [3.8, 4) is 5.75 Å². The van der Waals surface area contributed by atoms with E-state index >= 15 is 0 Å². The van der Waals surface area contributed by atoms with Gasteiger partial charge in [0.2, 0.25) is 0 Å². The summed E-state index contributed by atoms with van der Waals surface area (Å²) in [7, 11) is 3.27. The predicted molar refractivity (Wildman–Crippen MR) is 108 cm³/mol. The minimum atomic E-state index is -0.310. The molecule has 0 saturated heterocycles. The Morgan fingerprint density at radius 1 is 1.00 bits per heavy atom. The molecule has 3 rings (SSSR count). The van der Waals surface area contributed by atoms with Crippen LogP contribution in [-0.4, -0.2) is 31.0 Å². The summed E-state index contributed by atoms with van der Waals surface area (Å²) >= 11 is 0. The Labute approximate surface area is 163 Å². The van der Waals surface area contributed by atoms with E-state index in [0.29, 0.717) is 23.4 Å². The summed E-state index contributed by atoms with van der Waals surface area (Å²) in [6.07, 6.45) is 2.90. The first-order chi connectivity index (χ1) is 13.6. The zero-order valence-corrected chi connectivity index (χ0v) is 15.8. The molecular weight excluding hydrogens is 354 g/mol. The van der Waals surface area contributed by atoms with Gasteiger partial charge in [-0.05, 0) is 24.3 Å². The maximum Gasteiger partial charge on any atom is 0.259 e. The highest BCUT2D eigenvalue weighted by Gasteiger charge is 2.16. The molecule has 1 N–H and O–H groups in total. The first-order valence-electron chi connectivity index (χ1n) is 8.78. The lowest BCUT2D eigenvalue weighted by atomic mass is 10.1. The van der Waals surface area contributed by atoms with E-state index in [-0.39, 0.29) is 11.8 Å². The molecule has 0 aliphatic heterocycles. The number of methoxy groups -OCH3 is 1. The molecular formula is C22H21N3O3. The molecule has 0 unspecified atom stereocenters. The molecule has 0 fully saturated rings. The van der Waals surface area contributed by atoms with Crippen molar-refractivity contribution in [1.82, 2.24) is 10.3 Å². The molecule has 3 aromatic rings. The van der Waals surface area contributed by atoms with Crippen molar-refractivity contribution in [3.63, 3.8) is 0 Å². The third-order valence-corrected chi connectivity index (χ3v) is 4.33. The molecule has 28 heavy (non-hydrogen) atoms. The molecule has 2 amide bonds. The van der Waals surface area contributed by atoms with Crippen LogP contribution in [0.2, 0.25) is 0 Å². The molecule has 0 aliphatic rings. The van der Waals surface area contributed by atoms with Gasteiger partial charge in [-0.25, -0.2) is 0 Å². The number of pyridine rings is 1. The zero-order valence-electron chi connectivity index (χ0n) is 15.8. The van der Waals surface area contributed by atoms with Crippen LogP contribution in [0.3, 0.4) is 0 Å². The number of para-hydroxylation sites is 2. The summed E-state index contributed by atoms with van der Waals surface area (Å²) in [5.74, 6) is 0.155. The van der Waals surface area contributed by atoms with Crippen molar-refractivity contribution in [2.75, 3.05) is 19.1 Å². The number of hydrogen-bond donors (Lipinski definition) is 1. The van der Waals surface area contributed by atoms with Gasteiger partial charge in [0.1, 0.15) is 5.75 Å². The molecule has 6 nitrogen and oxygen atoms in total. The third kappa shape index (κ3) is 4.35. The van der Waals surface area contributed by atoms with Gasteiger partial charge in [-0.2, -0.15) is 0 Å². The Kier molecular flexibility index (Phi) is 6.01. The minimum absolute atomic E-state index is 0.238. The van der Waals surface area contributed by atoms with E-state index in [0.717, 1.165) is 11.3 Å². The molecule has 142 valence electrons. The van der Waals surface area contributed by atoms with Crippen LogP contribution >= 0.6 is 0 Å². The minimum Gasteiger partial charge on any atom is -0.496 e. The first kappa shape index (κ1) is 19.1. The summed E-state index contributed by atoms with van der Waals surface area (Å²) in [4.78, 5) is 30.8. The van der Waals surface area contributed by atoms with Gasteiger partial charge in [0, 0.05) is 37.2 Å². The summed E-state index contributed by atoms with van der Waals surface area (Å²) in [5, 5.41) is 2.83. The Morgan fingerprint density at radius 3 is 2.43 bits per heavy atom. The number of carbonyl (C=O) groups excluding carboxylic acids is 2. The average Bonchev–Trinajstić information content (AvgIpc) is 2.77. The molecule has 1 heterocycles. The van der Waals surface area contributed by atoms with E-state index in [1.54, 1.807) is 20.2 Å². The summed E-state index contributed by atoms with van der Waals surface area (Å²) in [6, 6.07) is 18.3. The first-order valence-corrected chi connectivity index (χ1v) is 8.78. The Hall–Kier alpha value is -3.67.